The molecule has 0 saturated carbocycles. The number of alkyl halides is 3. The summed E-state index contributed by atoms with van der Waals surface area (Å²) < 4.78 is 38.2. The highest BCUT2D eigenvalue weighted by molar-refractivity contribution is 5.25. The number of benzene rings is 1. The van der Waals surface area contributed by atoms with Crippen LogP contribution in [0.4, 0.5) is 13.2 Å². The van der Waals surface area contributed by atoms with Gasteiger partial charge in [-0.2, -0.15) is 13.2 Å². The van der Waals surface area contributed by atoms with Gasteiger partial charge in [-0.15, -0.1) is 0 Å². The summed E-state index contributed by atoms with van der Waals surface area (Å²) in [6, 6.07) is 5.68. The summed E-state index contributed by atoms with van der Waals surface area (Å²) in [6.07, 6.45) is -1.96. The molecular formula is C16H23F3N2. The summed E-state index contributed by atoms with van der Waals surface area (Å²) in [5, 5.41) is 3.34. The minimum atomic E-state index is -4.26. The molecule has 1 heterocycles. The van der Waals surface area contributed by atoms with Gasteiger partial charge in [-0.1, -0.05) is 25.1 Å². The molecule has 0 amide bonds. The zero-order chi connectivity index (χ0) is 15.3. The van der Waals surface area contributed by atoms with Crippen LogP contribution in [0.5, 0.6) is 0 Å². The molecule has 0 aliphatic carbocycles. The Hall–Kier alpha value is -1.07. The lowest BCUT2D eigenvalue weighted by Crippen LogP contribution is -2.35. The minimum absolute atomic E-state index is 0.557. The fraction of sp³-hybridized carbons (Fsp3) is 0.625. The van der Waals surface area contributed by atoms with Crippen molar-refractivity contribution >= 4 is 0 Å². The second kappa shape index (κ2) is 7.27. The molecule has 0 spiro atoms. The Labute approximate surface area is 124 Å². The normalized spacial score (nSPS) is 17.4. The van der Waals surface area contributed by atoms with Crippen LogP contribution in [0, 0.1) is 5.92 Å². The number of nitrogens with zero attached hydrogens (tertiary/aromatic N) is 1. The molecule has 21 heavy (non-hydrogen) atoms. The first-order valence-corrected chi connectivity index (χ1v) is 7.58. The number of rotatable bonds is 5. The first-order chi connectivity index (χ1) is 9.99. The molecule has 1 aromatic carbocycles. The summed E-state index contributed by atoms with van der Waals surface area (Å²) in [4.78, 5) is 2.24. The minimum Gasteiger partial charge on any atom is -0.317 e. The van der Waals surface area contributed by atoms with Crippen LogP contribution >= 0.6 is 0 Å². The van der Waals surface area contributed by atoms with E-state index in [1.54, 1.807) is 6.07 Å². The molecule has 2 nitrogen and oxygen atoms in total. The van der Waals surface area contributed by atoms with Crippen molar-refractivity contribution in [1.82, 2.24) is 10.2 Å². The van der Waals surface area contributed by atoms with E-state index in [1.165, 1.54) is 12.1 Å². The van der Waals surface area contributed by atoms with Crippen LogP contribution in [0.3, 0.4) is 0 Å². The molecule has 0 bridgehead atoms. The van der Waals surface area contributed by atoms with Crippen LogP contribution in [-0.4, -0.2) is 31.1 Å². The Kier molecular flexibility index (Phi) is 5.65. The predicted molar refractivity (Wildman–Crippen MR) is 78.0 cm³/mol. The van der Waals surface area contributed by atoms with Crippen LogP contribution in [-0.2, 0) is 12.7 Å². The van der Waals surface area contributed by atoms with Crippen LogP contribution in [0.1, 0.15) is 30.9 Å². The largest absolute Gasteiger partial charge is 0.416 e. The van der Waals surface area contributed by atoms with Gasteiger partial charge >= 0.3 is 6.18 Å². The molecule has 2 rings (SSSR count). The lowest BCUT2D eigenvalue weighted by atomic mass is 9.97. The lowest BCUT2D eigenvalue weighted by Gasteiger charge is -2.29. The average Bonchev–Trinajstić information content (AvgIpc) is 2.47. The molecule has 1 fully saturated rings. The second-order valence-corrected chi connectivity index (χ2v) is 5.72. The van der Waals surface area contributed by atoms with Crippen molar-refractivity contribution in [2.24, 2.45) is 5.92 Å². The van der Waals surface area contributed by atoms with E-state index < -0.39 is 11.7 Å². The van der Waals surface area contributed by atoms with Gasteiger partial charge in [0.25, 0.3) is 0 Å². The van der Waals surface area contributed by atoms with Crippen molar-refractivity contribution in [2.75, 3.05) is 26.2 Å². The fourth-order valence-electron chi connectivity index (χ4n) is 2.84. The quantitative estimate of drug-likeness (QED) is 0.895. The number of halogens is 3. The summed E-state index contributed by atoms with van der Waals surface area (Å²) in [7, 11) is 0. The van der Waals surface area contributed by atoms with Gasteiger partial charge in [0.15, 0.2) is 0 Å². The van der Waals surface area contributed by atoms with Gasteiger partial charge in [-0.3, -0.25) is 4.90 Å². The van der Waals surface area contributed by atoms with E-state index in [4.69, 9.17) is 0 Å². The monoisotopic (exact) mass is 300 g/mol. The Morgan fingerprint density at radius 3 is 2.57 bits per heavy atom. The van der Waals surface area contributed by atoms with E-state index in [9.17, 15) is 13.2 Å². The third kappa shape index (κ3) is 5.00. The lowest BCUT2D eigenvalue weighted by molar-refractivity contribution is -0.137. The molecule has 118 valence electrons. The smallest absolute Gasteiger partial charge is 0.317 e. The van der Waals surface area contributed by atoms with Gasteiger partial charge in [0.2, 0.25) is 0 Å². The van der Waals surface area contributed by atoms with Crippen molar-refractivity contribution in [2.45, 2.75) is 32.5 Å². The van der Waals surface area contributed by atoms with Crippen LogP contribution in [0.15, 0.2) is 24.3 Å². The Balaban J connectivity index is 1.97. The fourth-order valence-corrected chi connectivity index (χ4v) is 2.84. The van der Waals surface area contributed by atoms with E-state index in [0.717, 1.165) is 50.7 Å². The molecule has 1 N–H and O–H groups in total. The summed E-state index contributed by atoms with van der Waals surface area (Å²) in [5.41, 5.74) is 0.179. The van der Waals surface area contributed by atoms with Crippen molar-refractivity contribution in [3.05, 3.63) is 35.4 Å². The van der Waals surface area contributed by atoms with Gasteiger partial charge in [0, 0.05) is 13.1 Å². The van der Waals surface area contributed by atoms with Gasteiger partial charge in [0.05, 0.1) is 5.56 Å². The van der Waals surface area contributed by atoms with Crippen molar-refractivity contribution in [3.63, 3.8) is 0 Å². The number of hydrogen-bond acceptors (Lipinski definition) is 2. The molecule has 1 aromatic rings. The van der Waals surface area contributed by atoms with Gasteiger partial charge in [-0.05, 0) is 50.0 Å². The van der Waals surface area contributed by atoms with E-state index in [1.807, 2.05) is 0 Å². The van der Waals surface area contributed by atoms with Crippen molar-refractivity contribution < 1.29 is 13.2 Å². The Morgan fingerprint density at radius 2 is 1.95 bits per heavy atom. The van der Waals surface area contributed by atoms with E-state index in [2.05, 4.69) is 17.1 Å². The first kappa shape index (κ1) is 16.3. The summed E-state index contributed by atoms with van der Waals surface area (Å²) in [6.45, 7) is 6.57. The van der Waals surface area contributed by atoms with Crippen molar-refractivity contribution in [3.8, 4) is 0 Å². The molecular weight excluding hydrogens is 277 g/mol. The van der Waals surface area contributed by atoms with E-state index in [0.29, 0.717) is 12.5 Å². The zero-order valence-corrected chi connectivity index (χ0v) is 12.4. The molecule has 1 aliphatic heterocycles. The van der Waals surface area contributed by atoms with Crippen LogP contribution in [0.2, 0.25) is 0 Å². The highest BCUT2D eigenvalue weighted by Gasteiger charge is 2.30. The molecule has 0 radical (unpaired) electrons. The Morgan fingerprint density at radius 1 is 1.24 bits per heavy atom. The maximum Gasteiger partial charge on any atom is 0.416 e. The highest BCUT2D eigenvalue weighted by atomic mass is 19.4. The van der Waals surface area contributed by atoms with Gasteiger partial charge in [0.1, 0.15) is 0 Å². The topological polar surface area (TPSA) is 15.3 Å². The number of nitrogens with one attached hydrogen (secondary N) is 1. The molecule has 1 saturated heterocycles. The molecule has 0 unspecified atom stereocenters. The summed E-state index contributed by atoms with van der Waals surface area (Å²) >= 11 is 0. The zero-order valence-electron chi connectivity index (χ0n) is 12.4. The summed E-state index contributed by atoms with van der Waals surface area (Å²) in [5.74, 6) is 0.650. The van der Waals surface area contributed by atoms with E-state index in [-0.39, 0.29) is 0 Å². The Bertz CT molecular complexity index is 439. The van der Waals surface area contributed by atoms with Crippen LogP contribution in [0.25, 0.3) is 0 Å². The maximum absolute atomic E-state index is 12.7. The van der Waals surface area contributed by atoms with Crippen LogP contribution < -0.4 is 5.32 Å². The standard InChI is InChI=1S/C16H23F3N2/c1-2-21(11-13-6-8-20-9-7-13)12-14-4-3-5-15(10-14)16(17,18)19/h3-5,10,13,20H,2,6-9,11-12H2,1H3. The predicted octanol–water partition coefficient (Wildman–Crippen LogP) is 3.53. The molecule has 5 heteroatoms. The molecule has 0 atom stereocenters. The first-order valence-electron chi connectivity index (χ1n) is 7.58. The van der Waals surface area contributed by atoms with Gasteiger partial charge in [-0.25, -0.2) is 0 Å². The SMILES string of the molecule is CCN(Cc1cccc(C(F)(F)F)c1)CC1CCNCC1. The molecule has 0 aromatic heterocycles. The van der Waals surface area contributed by atoms with E-state index >= 15 is 0 Å². The maximum atomic E-state index is 12.7. The number of piperidine rings is 1. The number of hydrogen-bond donors (Lipinski definition) is 1. The van der Waals surface area contributed by atoms with Gasteiger partial charge < -0.3 is 5.32 Å². The van der Waals surface area contributed by atoms with Crippen molar-refractivity contribution in [1.29, 1.82) is 0 Å². The second-order valence-electron chi connectivity index (χ2n) is 5.72. The average molecular weight is 300 g/mol. The molecule has 1 aliphatic rings. The third-order valence-corrected chi connectivity index (χ3v) is 4.08. The third-order valence-electron chi connectivity index (χ3n) is 4.08. The highest BCUT2D eigenvalue weighted by Crippen LogP contribution is 2.29.